The molecule has 0 aromatic heterocycles. The number of allylic oxidation sites excluding steroid dienone is 14. The van der Waals surface area contributed by atoms with Gasteiger partial charge in [-0.25, -0.2) is 4.57 Å². The zero-order valence-electron chi connectivity index (χ0n) is 38.6. The molecule has 2 atom stereocenters. The van der Waals surface area contributed by atoms with Gasteiger partial charge in [0.05, 0.1) is 13.2 Å². The number of carbonyl (C=O) groups is 2. The third-order valence-electron chi connectivity index (χ3n) is 9.84. The topological polar surface area (TPSA) is 131 Å². The predicted molar refractivity (Wildman–Crippen MR) is 256 cm³/mol. The lowest BCUT2D eigenvalue weighted by atomic mass is 10.0. The molecule has 0 aliphatic carbocycles. The Labute approximate surface area is 373 Å². The van der Waals surface area contributed by atoms with Gasteiger partial charge in [-0.1, -0.05) is 202 Å². The van der Waals surface area contributed by atoms with Crippen molar-refractivity contribution in [2.75, 3.05) is 26.4 Å². The van der Waals surface area contributed by atoms with Gasteiger partial charge in [0.15, 0.2) is 0 Å². The van der Waals surface area contributed by atoms with Gasteiger partial charge in [-0.15, -0.1) is 0 Å². The highest BCUT2D eigenvalue weighted by Crippen LogP contribution is 2.42. The average molecular weight is 874 g/mol. The van der Waals surface area contributed by atoms with Gasteiger partial charge in [0.1, 0.15) is 12.7 Å². The van der Waals surface area contributed by atoms with Gasteiger partial charge in [0, 0.05) is 19.4 Å². The van der Waals surface area contributed by atoms with Crippen molar-refractivity contribution in [2.45, 2.75) is 200 Å². The van der Waals surface area contributed by atoms with Gasteiger partial charge in [-0.3, -0.25) is 18.6 Å². The maximum absolute atomic E-state index is 12.1. The molecule has 0 radical (unpaired) electrons. The number of hydrogen-bond donors (Lipinski definition) is 3. The van der Waals surface area contributed by atoms with Gasteiger partial charge in [-0.05, 0) is 64.2 Å². The molecule has 9 nitrogen and oxygen atoms in total. The highest BCUT2D eigenvalue weighted by Gasteiger charge is 2.23. The summed E-state index contributed by atoms with van der Waals surface area (Å²) < 4.78 is 26.9. The first-order valence-electron chi connectivity index (χ1n) is 24.1. The number of aliphatic hydroxyl groups excluding tert-OH is 1. The average Bonchev–Trinajstić information content (AvgIpc) is 3.25. The molecule has 0 aliphatic heterocycles. The number of unbranched alkanes of at least 4 members (excludes halogenated alkanes) is 17. The summed E-state index contributed by atoms with van der Waals surface area (Å²) in [6.07, 6.45) is 59.5. The molecule has 0 bridgehead atoms. The third-order valence-corrected chi connectivity index (χ3v) is 10.8. The molecular formula is C51H88NO8P. The molecule has 0 spiro atoms. The van der Waals surface area contributed by atoms with Crippen LogP contribution in [0.5, 0.6) is 0 Å². The molecule has 0 fully saturated rings. The van der Waals surface area contributed by atoms with Crippen LogP contribution in [-0.2, 0) is 27.9 Å². The standard InChI is InChI=1S/C51H88NO8P/c1-3-5-7-9-11-13-15-17-19-21-22-23-24-25-26-28-29-31-33-35-37-39-41-43-50(54)52-45-46-59-61(56,57)60-48-49(53)47-58-51(55)44-42-40-38-36-34-32-30-27-20-18-16-14-12-10-8-6-4-2/h5,7,11,13,17,19,22-23,25-26,29,31,35,37,49,53H,3-4,6,8-10,12,14-16,18,20-21,24,27-28,30,32-34,36,38-48H2,1-2H3,(H,52,54)(H,56,57)/b7-5-,13-11-,19-17-,23-22-,26-25-,31-29-,37-35-. The zero-order chi connectivity index (χ0) is 44.6. The number of esters is 1. The molecule has 2 unspecified atom stereocenters. The van der Waals surface area contributed by atoms with E-state index in [0.717, 1.165) is 70.6 Å². The van der Waals surface area contributed by atoms with Crippen molar-refractivity contribution in [3.63, 3.8) is 0 Å². The first kappa shape index (κ1) is 58.2. The number of rotatable bonds is 44. The Bertz CT molecular complexity index is 1270. The van der Waals surface area contributed by atoms with Crippen LogP contribution in [0.1, 0.15) is 194 Å². The summed E-state index contributed by atoms with van der Waals surface area (Å²) in [7, 11) is -4.44. The second kappa shape index (κ2) is 46.7. The Morgan fingerprint density at radius 1 is 0.525 bits per heavy atom. The lowest BCUT2D eigenvalue weighted by molar-refractivity contribution is -0.147. The molecule has 0 rings (SSSR count). The smallest absolute Gasteiger partial charge is 0.463 e. The quantitative estimate of drug-likeness (QED) is 0.0239. The third kappa shape index (κ3) is 48.1. The van der Waals surface area contributed by atoms with Crippen molar-refractivity contribution in [2.24, 2.45) is 0 Å². The minimum atomic E-state index is -4.44. The van der Waals surface area contributed by atoms with Gasteiger partial charge in [-0.2, -0.15) is 0 Å². The number of phosphoric ester groups is 1. The molecule has 0 aromatic carbocycles. The van der Waals surface area contributed by atoms with Crippen LogP contribution in [0.4, 0.5) is 0 Å². The Morgan fingerprint density at radius 3 is 1.38 bits per heavy atom. The second-order valence-corrected chi connectivity index (χ2v) is 17.2. The van der Waals surface area contributed by atoms with Crippen molar-refractivity contribution in [1.29, 1.82) is 0 Å². The molecule has 10 heteroatoms. The van der Waals surface area contributed by atoms with Gasteiger partial charge >= 0.3 is 13.8 Å². The monoisotopic (exact) mass is 874 g/mol. The fourth-order valence-electron chi connectivity index (χ4n) is 6.25. The summed E-state index contributed by atoms with van der Waals surface area (Å²) in [5, 5.41) is 12.7. The van der Waals surface area contributed by atoms with E-state index in [4.69, 9.17) is 13.8 Å². The molecule has 350 valence electrons. The highest BCUT2D eigenvalue weighted by molar-refractivity contribution is 7.47. The number of ether oxygens (including phenoxy) is 1. The van der Waals surface area contributed by atoms with Crippen LogP contribution < -0.4 is 5.32 Å². The lowest BCUT2D eigenvalue weighted by Crippen LogP contribution is -2.27. The summed E-state index contributed by atoms with van der Waals surface area (Å²) in [5.41, 5.74) is 0. The number of carbonyl (C=O) groups excluding carboxylic acids is 2. The van der Waals surface area contributed by atoms with Crippen molar-refractivity contribution in [1.82, 2.24) is 5.32 Å². The van der Waals surface area contributed by atoms with Crippen molar-refractivity contribution in [3.05, 3.63) is 85.1 Å². The fourth-order valence-corrected chi connectivity index (χ4v) is 7.01. The fraction of sp³-hybridized carbons (Fsp3) is 0.686. The molecule has 1 amide bonds. The van der Waals surface area contributed by atoms with Crippen LogP contribution in [-0.4, -0.2) is 54.3 Å². The maximum atomic E-state index is 12.1. The summed E-state index contributed by atoms with van der Waals surface area (Å²) >= 11 is 0. The predicted octanol–water partition coefficient (Wildman–Crippen LogP) is 14.0. The van der Waals surface area contributed by atoms with E-state index in [1.807, 2.05) is 0 Å². The Hall–Kier alpha value is -2.81. The van der Waals surface area contributed by atoms with Crippen molar-refractivity contribution < 1.29 is 37.9 Å². The van der Waals surface area contributed by atoms with E-state index in [0.29, 0.717) is 12.8 Å². The number of hydrogen-bond acceptors (Lipinski definition) is 7. The van der Waals surface area contributed by atoms with E-state index < -0.39 is 26.5 Å². The van der Waals surface area contributed by atoms with Crippen LogP contribution in [0.25, 0.3) is 0 Å². The van der Waals surface area contributed by atoms with Gasteiger partial charge in [0.2, 0.25) is 5.91 Å². The highest BCUT2D eigenvalue weighted by atomic mass is 31.2. The maximum Gasteiger partial charge on any atom is 0.472 e. The van der Waals surface area contributed by atoms with E-state index in [1.165, 1.54) is 89.9 Å². The van der Waals surface area contributed by atoms with Crippen LogP contribution >= 0.6 is 7.82 Å². The van der Waals surface area contributed by atoms with E-state index in [2.05, 4.69) is 104 Å². The van der Waals surface area contributed by atoms with Crippen molar-refractivity contribution >= 4 is 19.7 Å². The minimum absolute atomic E-state index is 0.0465. The van der Waals surface area contributed by atoms with E-state index in [1.54, 1.807) is 0 Å². The Kier molecular flexibility index (Phi) is 44.5. The normalized spacial score (nSPS) is 14.0. The molecule has 0 aromatic rings. The van der Waals surface area contributed by atoms with Crippen LogP contribution in [0.3, 0.4) is 0 Å². The van der Waals surface area contributed by atoms with Gasteiger partial charge < -0.3 is 20.1 Å². The van der Waals surface area contributed by atoms with Crippen molar-refractivity contribution in [3.8, 4) is 0 Å². The summed E-state index contributed by atoms with van der Waals surface area (Å²) in [5.74, 6) is -0.578. The molecule has 0 aliphatic rings. The lowest BCUT2D eigenvalue weighted by Gasteiger charge is -2.15. The van der Waals surface area contributed by atoms with Crippen LogP contribution in [0.2, 0.25) is 0 Å². The number of phosphoric acid groups is 1. The van der Waals surface area contributed by atoms with Crippen LogP contribution in [0.15, 0.2) is 85.1 Å². The zero-order valence-corrected chi connectivity index (χ0v) is 39.5. The molecule has 0 saturated carbocycles. The summed E-state index contributed by atoms with van der Waals surface area (Å²) in [4.78, 5) is 34.0. The SMILES string of the molecule is CC/C=C\C/C=C\C/C=C\C/C=C\C/C=C\C/C=C\C/C=C\CCCC(=O)NCCOP(=O)(O)OCC(O)COC(=O)CCCCCCCCCCCCCCCCCCC. The van der Waals surface area contributed by atoms with E-state index >= 15 is 0 Å². The minimum Gasteiger partial charge on any atom is -0.463 e. The Morgan fingerprint density at radius 2 is 0.934 bits per heavy atom. The van der Waals surface area contributed by atoms with Gasteiger partial charge in [0.25, 0.3) is 0 Å². The van der Waals surface area contributed by atoms with E-state index in [9.17, 15) is 24.2 Å². The molecule has 3 N–H and O–H groups in total. The largest absolute Gasteiger partial charge is 0.472 e. The first-order chi connectivity index (χ1) is 29.8. The summed E-state index contributed by atoms with van der Waals surface area (Å²) in [6, 6.07) is 0. The second-order valence-electron chi connectivity index (χ2n) is 15.7. The summed E-state index contributed by atoms with van der Waals surface area (Å²) in [6.45, 7) is 3.37. The Balaban J connectivity index is 3.69. The molecule has 0 saturated heterocycles. The van der Waals surface area contributed by atoms with Crippen LogP contribution in [0, 0.1) is 0 Å². The number of nitrogens with one attached hydrogen (secondary N) is 1. The molecule has 0 heterocycles. The first-order valence-corrected chi connectivity index (χ1v) is 25.6. The number of aliphatic hydroxyl groups is 1. The number of amides is 1. The molecular weight excluding hydrogens is 786 g/mol. The molecule has 61 heavy (non-hydrogen) atoms. The van der Waals surface area contributed by atoms with E-state index in [-0.39, 0.29) is 32.1 Å².